The lowest BCUT2D eigenvalue weighted by molar-refractivity contribution is 0.441. The molecule has 1 aromatic carbocycles. The molecule has 0 unspecified atom stereocenters. The highest BCUT2D eigenvalue weighted by Gasteiger charge is 2.17. The van der Waals surface area contributed by atoms with Crippen LogP contribution in [-0.4, -0.2) is 28.0 Å². The van der Waals surface area contributed by atoms with E-state index in [1.54, 1.807) is 18.2 Å². The van der Waals surface area contributed by atoms with Gasteiger partial charge in [0.15, 0.2) is 0 Å². The SMILES string of the molecule is Nc1nc(Oc2ccc(Cl)cc2Cl)nc(N2CCCC2)n1. The molecule has 0 spiro atoms. The maximum absolute atomic E-state index is 6.06. The number of nitrogen functional groups attached to an aromatic ring is 1. The van der Waals surface area contributed by atoms with Crippen molar-refractivity contribution in [2.75, 3.05) is 23.7 Å². The molecule has 1 aliphatic heterocycles. The summed E-state index contributed by atoms with van der Waals surface area (Å²) in [5.74, 6) is 1.06. The van der Waals surface area contributed by atoms with Gasteiger partial charge < -0.3 is 15.4 Å². The quantitative estimate of drug-likeness (QED) is 0.934. The molecule has 2 N–H and O–H groups in total. The highest BCUT2D eigenvalue weighted by molar-refractivity contribution is 6.35. The van der Waals surface area contributed by atoms with Crippen molar-refractivity contribution in [3.63, 3.8) is 0 Å². The Balaban J connectivity index is 1.87. The third-order valence-electron chi connectivity index (χ3n) is 3.10. The number of anilines is 2. The van der Waals surface area contributed by atoms with Gasteiger partial charge in [0, 0.05) is 18.1 Å². The van der Waals surface area contributed by atoms with Crippen molar-refractivity contribution in [2.24, 2.45) is 0 Å². The lowest BCUT2D eigenvalue weighted by atomic mass is 10.3. The number of nitrogens with zero attached hydrogens (tertiary/aromatic N) is 4. The topological polar surface area (TPSA) is 77.2 Å². The fourth-order valence-electron chi connectivity index (χ4n) is 2.12. The fourth-order valence-corrected chi connectivity index (χ4v) is 2.57. The number of hydrogen-bond acceptors (Lipinski definition) is 6. The van der Waals surface area contributed by atoms with Crippen LogP contribution in [0.4, 0.5) is 11.9 Å². The molecule has 6 nitrogen and oxygen atoms in total. The fraction of sp³-hybridized carbons (Fsp3) is 0.308. The van der Waals surface area contributed by atoms with Gasteiger partial charge in [-0.25, -0.2) is 0 Å². The van der Waals surface area contributed by atoms with Crippen molar-refractivity contribution in [1.29, 1.82) is 0 Å². The lowest BCUT2D eigenvalue weighted by Gasteiger charge is -2.15. The Morgan fingerprint density at radius 2 is 1.86 bits per heavy atom. The molecule has 0 radical (unpaired) electrons. The summed E-state index contributed by atoms with van der Waals surface area (Å²) in [6, 6.07) is 5.04. The molecule has 2 aromatic rings. The number of ether oxygens (including phenoxy) is 1. The van der Waals surface area contributed by atoms with Gasteiger partial charge in [-0.2, -0.15) is 15.0 Å². The highest BCUT2D eigenvalue weighted by atomic mass is 35.5. The van der Waals surface area contributed by atoms with E-state index >= 15 is 0 Å². The number of benzene rings is 1. The zero-order chi connectivity index (χ0) is 14.8. The molecule has 0 bridgehead atoms. The van der Waals surface area contributed by atoms with Crippen molar-refractivity contribution < 1.29 is 4.74 Å². The summed E-state index contributed by atoms with van der Waals surface area (Å²) in [6.45, 7) is 1.81. The molecule has 0 atom stereocenters. The standard InChI is InChI=1S/C13H13Cl2N5O/c14-8-3-4-10(9(15)7-8)21-13-18-11(16)17-12(19-13)20-5-1-2-6-20/h3-4,7H,1-2,5-6H2,(H2,16,17,18,19). The first kappa shape index (κ1) is 14.2. The van der Waals surface area contributed by atoms with Crippen LogP contribution >= 0.6 is 23.2 Å². The van der Waals surface area contributed by atoms with Crippen LogP contribution in [0.15, 0.2) is 18.2 Å². The smallest absolute Gasteiger partial charge is 0.328 e. The Hall–Kier alpha value is -1.79. The van der Waals surface area contributed by atoms with Crippen LogP contribution in [0.2, 0.25) is 10.0 Å². The van der Waals surface area contributed by atoms with Gasteiger partial charge in [0.25, 0.3) is 0 Å². The van der Waals surface area contributed by atoms with Gasteiger partial charge >= 0.3 is 6.01 Å². The molecule has 1 aromatic heterocycles. The summed E-state index contributed by atoms with van der Waals surface area (Å²) in [6.07, 6.45) is 2.23. The summed E-state index contributed by atoms with van der Waals surface area (Å²) in [5, 5.41) is 0.907. The molecular weight excluding hydrogens is 313 g/mol. The molecule has 1 saturated heterocycles. The number of hydrogen-bond donors (Lipinski definition) is 1. The molecule has 21 heavy (non-hydrogen) atoms. The van der Waals surface area contributed by atoms with Crippen LogP contribution in [-0.2, 0) is 0 Å². The summed E-state index contributed by atoms with van der Waals surface area (Å²) < 4.78 is 5.59. The van der Waals surface area contributed by atoms with Crippen LogP contribution < -0.4 is 15.4 Å². The second-order valence-electron chi connectivity index (χ2n) is 4.65. The molecule has 0 aliphatic carbocycles. The Bertz CT molecular complexity index is 661. The second kappa shape index (κ2) is 5.91. The van der Waals surface area contributed by atoms with E-state index in [-0.39, 0.29) is 12.0 Å². The molecular formula is C13H13Cl2N5O. The van der Waals surface area contributed by atoms with E-state index in [9.17, 15) is 0 Å². The van der Waals surface area contributed by atoms with Crippen molar-refractivity contribution in [2.45, 2.75) is 12.8 Å². The summed E-state index contributed by atoms with van der Waals surface area (Å²) in [4.78, 5) is 14.5. The van der Waals surface area contributed by atoms with Crippen molar-refractivity contribution in [1.82, 2.24) is 15.0 Å². The molecule has 0 amide bonds. The van der Waals surface area contributed by atoms with Crippen molar-refractivity contribution >= 4 is 35.1 Å². The third kappa shape index (κ3) is 3.28. The van der Waals surface area contributed by atoms with Crippen LogP contribution in [0.25, 0.3) is 0 Å². The molecule has 2 heterocycles. The van der Waals surface area contributed by atoms with E-state index < -0.39 is 0 Å². The van der Waals surface area contributed by atoms with E-state index in [1.165, 1.54) is 0 Å². The first-order valence-electron chi connectivity index (χ1n) is 6.51. The Morgan fingerprint density at radius 1 is 1.10 bits per heavy atom. The van der Waals surface area contributed by atoms with Crippen LogP contribution in [0.1, 0.15) is 12.8 Å². The number of nitrogens with two attached hydrogens (primary N) is 1. The molecule has 110 valence electrons. The first-order chi connectivity index (χ1) is 10.1. The number of rotatable bonds is 3. The minimum Gasteiger partial charge on any atom is -0.423 e. The predicted octanol–water partition coefficient (Wildman–Crippen LogP) is 3.15. The average molecular weight is 326 g/mol. The number of aromatic nitrogens is 3. The maximum atomic E-state index is 6.06. The summed E-state index contributed by atoms with van der Waals surface area (Å²) >= 11 is 11.9. The predicted molar refractivity (Wildman–Crippen MR) is 82.2 cm³/mol. The molecule has 1 fully saturated rings. The minimum absolute atomic E-state index is 0.118. The first-order valence-corrected chi connectivity index (χ1v) is 7.27. The van der Waals surface area contributed by atoms with Gasteiger partial charge in [0.1, 0.15) is 5.75 Å². The van der Waals surface area contributed by atoms with E-state index in [0.29, 0.717) is 21.7 Å². The zero-order valence-corrected chi connectivity index (χ0v) is 12.6. The lowest BCUT2D eigenvalue weighted by Crippen LogP contribution is -2.21. The van der Waals surface area contributed by atoms with Crippen LogP contribution in [0.5, 0.6) is 11.8 Å². The normalized spacial score (nSPS) is 14.5. The average Bonchev–Trinajstić information content (AvgIpc) is 2.95. The summed E-state index contributed by atoms with van der Waals surface area (Å²) in [5.41, 5.74) is 5.72. The molecule has 3 rings (SSSR count). The van der Waals surface area contributed by atoms with Gasteiger partial charge in [0.2, 0.25) is 11.9 Å². The van der Waals surface area contributed by atoms with Gasteiger partial charge in [-0.1, -0.05) is 23.2 Å². The highest BCUT2D eigenvalue weighted by Crippen LogP contribution is 2.31. The van der Waals surface area contributed by atoms with E-state index in [1.807, 2.05) is 4.90 Å². The Kier molecular flexibility index (Phi) is 3.98. The van der Waals surface area contributed by atoms with Gasteiger partial charge in [0.05, 0.1) is 5.02 Å². The van der Waals surface area contributed by atoms with Crippen molar-refractivity contribution in [3.8, 4) is 11.8 Å². The monoisotopic (exact) mass is 325 g/mol. The largest absolute Gasteiger partial charge is 0.423 e. The van der Waals surface area contributed by atoms with Gasteiger partial charge in [-0.15, -0.1) is 0 Å². The Labute approximate surface area is 131 Å². The van der Waals surface area contributed by atoms with Crippen LogP contribution in [0.3, 0.4) is 0 Å². The minimum atomic E-state index is 0.118. The van der Waals surface area contributed by atoms with Crippen LogP contribution in [0, 0.1) is 0 Å². The van der Waals surface area contributed by atoms with E-state index in [0.717, 1.165) is 25.9 Å². The maximum Gasteiger partial charge on any atom is 0.328 e. The van der Waals surface area contributed by atoms with Crippen molar-refractivity contribution in [3.05, 3.63) is 28.2 Å². The Morgan fingerprint density at radius 3 is 2.57 bits per heavy atom. The van der Waals surface area contributed by atoms with Gasteiger partial charge in [-0.05, 0) is 31.0 Å². The summed E-state index contributed by atoms with van der Waals surface area (Å²) in [7, 11) is 0. The molecule has 1 aliphatic rings. The van der Waals surface area contributed by atoms with Gasteiger partial charge in [-0.3, -0.25) is 0 Å². The zero-order valence-electron chi connectivity index (χ0n) is 11.1. The van der Waals surface area contributed by atoms with E-state index in [4.69, 9.17) is 33.7 Å². The number of halogens is 2. The van der Waals surface area contributed by atoms with E-state index in [2.05, 4.69) is 15.0 Å². The molecule has 0 saturated carbocycles. The second-order valence-corrected chi connectivity index (χ2v) is 5.49. The third-order valence-corrected chi connectivity index (χ3v) is 3.63. The molecule has 8 heteroatoms.